The molecule has 84 valence electrons. The Morgan fingerprint density at radius 3 is 2.86 bits per heavy atom. The Morgan fingerprint density at radius 1 is 1.57 bits per heavy atom. The molecular weight excluding hydrogens is 242 g/mol. The summed E-state index contributed by atoms with van der Waals surface area (Å²) in [5.74, 6) is 2.39. The van der Waals surface area contributed by atoms with E-state index in [1.165, 1.54) is 0 Å². The summed E-state index contributed by atoms with van der Waals surface area (Å²) in [5, 5.41) is 0. The van der Waals surface area contributed by atoms with Gasteiger partial charge in [0.25, 0.3) is 0 Å². The molecule has 1 heterocycles. The maximum Gasteiger partial charge on any atom is 0.232 e. The molecule has 0 saturated carbocycles. The molecule has 0 N–H and O–H groups in total. The van der Waals surface area contributed by atoms with Crippen LogP contribution in [0.5, 0.6) is 0 Å². The van der Waals surface area contributed by atoms with Crippen molar-refractivity contribution < 1.29 is 8.42 Å². The largest absolute Gasteiger partial charge is 0.299 e. The number of rotatable bonds is 4. The second-order valence-electron chi connectivity index (χ2n) is 3.56. The normalized spacial score (nSPS) is 25.1. The maximum absolute atomic E-state index is 10.7. The van der Waals surface area contributed by atoms with Crippen molar-refractivity contribution in [1.82, 2.24) is 4.90 Å². The highest BCUT2D eigenvalue weighted by Gasteiger charge is 2.18. The molecule has 1 rings (SSSR count). The van der Waals surface area contributed by atoms with Crippen molar-refractivity contribution in [3.8, 4) is 0 Å². The van der Waals surface area contributed by atoms with Crippen molar-refractivity contribution in [2.75, 3.05) is 30.3 Å². The zero-order chi connectivity index (χ0) is 10.6. The van der Waals surface area contributed by atoms with Crippen molar-refractivity contribution in [1.29, 1.82) is 0 Å². The summed E-state index contributed by atoms with van der Waals surface area (Å²) >= 11 is 1.96. The van der Waals surface area contributed by atoms with Crippen LogP contribution >= 0.6 is 22.4 Å². The van der Waals surface area contributed by atoms with Crippen LogP contribution in [0, 0.1) is 0 Å². The van der Waals surface area contributed by atoms with E-state index in [2.05, 4.69) is 11.8 Å². The molecule has 0 aromatic rings. The molecule has 0 aliphatic carbocycles. The number of halogens is 1. The van der Waals surface area contributed by atoms with Gasteiger partial charge in [-0.2, -0.15) is 11.8 Å². The average Bonchev–Trinajstić information content (AvgIpc) is 2.06. The molecule has 3 nitrogen and oxygen atoms in total. The first-order valence-corrected chi connectivity index (χ1v) is 8.36. The molecule has 1 aliphatic heterocycles. The Kier molecular flexibility index (Phi) is 5.03. The van der Waals surface area contributed by atoms with Crippen LogP contribution in [0.4, 0.5) is 0 Å². The lowest BCUT2D eigenvalue weighted by atomic mass is 10.3. The Bertz CT molecular complexity index is 269. The molecule has 0 bridgehead atoms. The molecule has 0 aromatic carbocycles. The SMILES string of the molecule is CC1CSCCN1CCCS(=O)(=O)Cl. The molecule has 14 heavy (non-hydrogen) atoms. The second-order valence-corrected chi connectivity index (χ2v) is 7.60. The molecule has 1 aliphatic rings. The third-order valence-corrected chi connectivity index (χ3v) is 4.77. The molecule has 6 heteroatoms. The Labute approximate surface area is 94.6 Å². The van der Waals surface area contributed by atoms with Gasteiger partial charge in [0.2, 0.25) is 9.05 Å². The van der Waals surface area contributed by atoms with Crippen LogP contribution in [-0.2, 0) is 9.05 Å². The molecule has 0 radical (unpaired) electrons. The van der Waals surface area contributed by atoms with Crippen LogP contribution in [0.25, 0.3) is 0 Å². The smallest absolute Gasteiger partial charge is 0.232 e. The summed E-state index contributed by atoms with van der Waals surface area (Å²) in [6.07, 6.45) is 0.640. The molecule has 1 fully saturated rings. The molecule has 1 atom stereocenters. The van der Waals surface area contributed by atoms with Crippen molar-refractivity contribution in [3.05, 3.63) is 0 Å². The van der Waals surface area contributed by atoms with Gasteiger partial charge in [0.1, 0.15) is 0 Å². The van der Waals surface area contributed by atoms with E-state index in [1.54, 1.807) is 0 Å². The molecular formula is C8H16ClNO2S2. The van der Waals surface area contributed by atoms with Crippen LogP contribution in [0.3, 0.4) is 0 Å². The van der Waals surface area contributed by atoms with Gasteiger partial charge in [-0.15, -0.1) is 0 Å². The lowest BCUT2D eigenvalue weighted by Crippen LogP contribution is -2.41. The number of hydrogen-bond acceptors (Lipinski definition) is 4. The van der Waals surface area contributed by atoms with E-state index in [4.69, 9.17) is 10.7 Å². The minimum Gasteiger partial charge on any atom is -0.299 e. The van der Waals surface area contributed by atoms with Gasteiger partial charge in [-0.05, 0) is 19.9 Å². The van der Waals surface area contributed by atoms with Crippen LogP contribution < -0.4 is 0 Å². The maximum atomic E-state index is 10.7. The Morgan fingerprint density at radius 2 is 2.29 bits per heavy atom. The van der Waals surface area contributed by atoms with Crippen molar-refractivity contribution in [3.63, 3.8) is 0 Å². The van der Waals surface area contributed by atoms with Gasteiger partial charge < -0.3 is 0 Å². The first kappa shape index (κ1) is 12.6. The Hall–Kier alpha value is 0.550. The van der Waals surface area contributed by atoms with Gasteiger partial charge in [0.05, 0.1) is 5.75 Å². The average molecular weight is 258 g/mol. The van der Waals surface area contributed by atoms with Crippen LogP contribution in [0.2, 0.25) is 0 Å². The van der Waals surface area contributed by atoms with Crippen molar-refractivity contribution in [2.24, 2.45) is 0 Å². The monoisotopic (exact) mass is 257 g/mol. The summed E-state index contributed by atoms with van der Waals surface area (Å²) in [7, 11) is 1.83. The lowest BCUT2D eigenvalue weighted by molar-refractivity contribution is 0.233. The van der Waals surface area contributed by atoms with Gasteiger partial charge in [0, 0.05) is 34.8 Å². The topological polar surface area (TPSA) is 37.4 Å². The quantitative estimate of drug-likeness (QED) is 0.714. The van der Waals surface area contributed by atoms with Gasteiger partial charge in [0.15, 0.2) is 0 Å². The third kappa shape index (κ3) is 4.87. The highest BCUT2D eigenvalue weighted by Crippen LogP contribution is 2.16. The summed E-state index contributed by atoms with van der Waals surface area (Å²) in [4.78, 5) is 2.33. The van der Waals surface area contributed by atoms with E-state index >= 15 is 0 Å². The van der Waals surface area contributed by atoms with Crippen molar-refractivity contribution in [2.45, 2.75) is 19.4 Å². The molecule has 1 saturated heterocycles. The predicted molar refractivity (Wildman–Crippen MR) is 62.6 cm³/mol. The highest BCUT2D eigenvalue weighted by molar-refractivity contribution is 8.13. The van der Waals surface area contributed by atoms with Gasteiger partial charge >= 0.3 is 0 Å². The summed E-state index contributed by atoms with van der Waals surface area (Å²) in [6.45, 7) is 4.09. The summed E-state index contributed by atoms with van der Waals surface area (Å²) in [6, 6.07) is 0.562. The second kappa shape index (κ2) is 5.58. The fraction of sp³-hybridized carbons (Fsp3) is 1.00. The van der Waals surface area contributed by atoms with Gasteiger partial charge in [-0.25, -0.2) is 8.42 Å². The fourth-order valence-corrected chi connectivity index (χ4v) is 3.42. The van der Waals surface area contributed by atoms with E-state index in [1.807, 2.05) is 11.8 Å². The standard InChI is InChI=1S/C8H16ClNO2S2/c1-8-7-13-5-4-10(8)3-2-6-14(9,11)12/h8H,2-7H2,1H3. The number of hydrogen-bond donors (Lipinski definition) is 0. The molecule has 0 aromatic heterocycles. The van der Waals surface area contributed by atoms with Gasteiger partial charge in [-0.3, -0.25) is 4.90 Å². The molecule has 1 unspecified atom stereocenters. The highest BCUT2D eigenvalue weighted by atomic mass is 35.7. The van der Waals surface area contributed by atoms with Crippen molar-refractivity contribution >= 4 is 31.5 Å². The number of thioether (sulfide) groups is 1. The summed E-state index contributed by atoms with van der Waals surface area (Å²) < 4.78 is 21.4. The van der Waals surface area contributed by atoms with Crippen LogP contribution in [-0.4, -0.2) is 49.7 Å². The van der Waals surface area contributed by atoms with E-state index in [0.717, 1.165) is 24.6 Å². The fourth-order valence-electron chi connectivity index (χ4n) is 1.53. The van der Waals surface area contributed by atoms with E-state index in [0.29, 0.717) is 12.5 Å². The Balaban J connectivity index is 2.23. The lowest BCUT2D eigenvalue weighted by Gasteiger charge is -2.32. The van der Waals surface area contributed by atoms with E-state index < -0.39 is 9.05 Å². The van der Waals surface area contributed by atoms with Crippen LogP contribution in [0.15, 0.2) is 0 Å². The van der Waals surface area contributed by atoms with E-state index in [9.17, 15) is 8.42 Å². The zero-order valence-electron chi connectivity index (χ0n) is 8.28. The zero-order valence-corrected chi connectivity index (χ0v) is 10.7. The van der Waals surface area contributed by atoms with Gasteiger partial charge in [-0.1, -0.05) is 0 Å². The first-order valence-electron chi connectivity index (χ1n) is 4.73. The minimum absolute atomic E-state index is 0.0882. The molecule has 0 spiro atoms. The first-order chi connectivity index (χ1) is 6.49. The summed E-state index contributed by atoms with van der Waals surface area (Å²) in [5.41, 5.74) is 0. The number of nitrogens with zero attached hydrogens (tertiary/aromatic N) is 1. The van der Waals surface area contributed by atoms with Crippen LogP contribution in [0.1, 0.15) is 13.3 Å². The molecule has 0 amide bonds. The minimum atomic E-state index is -3.30. The predicted octanol–water partition coefficient (Wildman–Crippen LogP) is 1.38. The third-order valence-electron chi connectivity index (χ3n) is 2.34. The van der Waals surface area contributed by atoms with E-state index in [-0.39, 0.29) is 5.75 Å².